The second-order valence-corrected chi connectivity index (χ2v) is 5.68. The van der Waals surface area contributed by atoms with E-state index in [1.807, 2.05) is 24.7 Å². The summed E-state index contributed by atoms with van der Waals surface area (Å²) in [6, 6.07) is 6.62. The van der Waals surface area contributed by atoms with Crippen molar-refractivity contribution in [3.05, 3.63) is 47.0 Å². The fourth-order valence-corrected chi connectivity index (χ4v) is 2.60. The predicted molar refractivity (Wildman–Crippen MR) is 85.8 cm³/mol. The van der Waals surface area contributed by atoms with Crippen LogP contribution in [0.3, 0.4) is 0 Å². The van der Waals surface area contributed by atoms with Crippen molar-refractivity contribution in [1.29, 1.82) is 0 Å². The molecule has 0 aliphatic heterocycles. The number of nitrogens with two attached hydrogens (primary N) is 1. The zero-order valence-corrected chi connectivity index (χ0v) is 13.6. The minimum Gasteiger partial charge on any atom is -0.494 e. The molecule has 0 fully saturated rings. The van der Waals surface area contributed by atoms with Crippen LogP contribution in [0, 0.1) is 5.82 Å². The summed E-state index contributed by atoms with van der Waals surface area (Å²) in [6.07, 6.45) is 0. The first-order chi connectivity index (χ1) is 10.5. The Morgan fingerprint density at radius 1 is 1.32 bits per heavy atom. The highest BCUT2D eigenvalue weighted by molar-refractivity contribution is 5.42. The van der Waals surface area contributed by atoms with Gasteiger partial charge in [0.1, 0.15) is 11.6 Å². The highest BCUT2D eigenvalue weighted by Crippen LogP contribution is 2.33. The average Bonchev–Trinajstić information content (AvgIpc) is 2.85. The monoisotopic (exact) mass is 305 g/mol. The normalized spacial score (nSPS) is 12.7. The van der Waals surface area contributed by atoms with Gasteiger partial charge in [-0.2, -0.15) is 5.10 Å². The molecule has 2 N–H and O–H groups in total. The Kier molecular flexibility index (Phi) is 5.19. The van der Waals surface area contributed by atoms with E-state index in [0.29, 0.717) is 24.8 Å². The van der Waals surface area contributed by atoms with Crippen molar-refractivity contribution in [3.8, 4) is 5.75 Å². The molecule has 1 atom stereocenters. The summed E-state index contributed by atoms with van der Waals surface area (Å²) in [5, 5.41) is 4.53. The number of nitrogens with zero attached hydrogens (tertiary/aromatic N) is 2. The van der Waals surface area contributed by atoms with E-state index < -0.39 is 0 Å². The third-order valence-electron chi connectivity index (χ3n) is 3.77. The lowest BCUT2D eigenvalue weighted by Crippen LogP contribution is -2.18. The second kappa shape index (κ2) is 6.92. The van der Waals surface area contributed by atoms with Crippen molar-refractivity contribution in [1.82, 2.24) is 9.78 Å². The molecule has 0 spiro atoms. The van der Waals surface area contributed by atoms with Gasteiger partial charge in [0.2, 0.25) is 0 Å². The molecule has 5 heteroatoms. The van der Waals surface area contributed by atoms with Crippen LogP contribution >= 0.6 is 0 Å². The van der Waals surface area contributed by atoms with Crippen LogP contribution < -0.4 is 10.5 Å². The lowest BCUT2D eigenvalue weighted by Gasteiger charge is -2.19. The molecule has 1 unspecified atom stereocenters. The van der Waals surface area contributed by atoms with Crippen LogP contribution in [-0.4, -0.2) is 22.9 Å². The number of aryl methyl sites for hydroxylation is 1. The average molecular weight is 305 g/mol. The standard InChI is InChI=1S/C17H24FN3O/c1-5-22-17-7-6-12(18)8-13(17)14(10-19)16-9-15(11(2)3)20-21(16)4/h6-9,11,14H,5,10,19H2,1-4H3. The first-order valence-electron chi connectivity index (χ1n) is 7.64. The quantitative estimate of drug-likeness (QED) is 0.892. The van der Waals surface area contributed by atoms with Gasteiger partial charge in [-0.3, -0.25) is 4.68 Å². The SMILES string of the molecule is CCOc1ccc(F)cc1C(CN)c1cc(C(C)C)nn1C. The van der Waals surface area contributed by atoms with Gasteiger partial charge in [-0.25, -0.2) is 4.39 Å². The summed E-state index contributed by atoms with van der Waals surface area (Å²) < 4.78 is 21.2. The van der Waals surface area contributed by atoms with Crippen LogP contribution in [0.25, 0.3) is 0 Å². The second-order valence-electron chi connectivity index (χ2n) is 5.68. The minimum atomic E-state index is -0.289. The molecule has 22 heavy (non-hydrogen) atoms. The lowest BCUT2D eigenvalue weighted by atomic mass is 9.93. The van der Waals surface area contributed by atoms with E-state index >= 15 is 0 Å². The summed E-state index contributed by atoms with van der Waals surface area (Å²) in [5.41, 5.74) is 8.73. The number of ether oxygens (including phenoxy) is 1. The van der Waals surface area contributed by atoms with Crippen molar-refractivity contribution >= 4 is 0 Å². The van der Waals surface area contributed by atoms with Crippen LogP contribution in [0.15, 0.2) is 24.3 Å². The molecule has 2 rings (SSSR count). The molecule has 120 valence electrons. The highest BCUT2D eigenvalue weighted by Gasteiger charge is 2.22. The molecule has 0 amide bonds. The number of halogens is 1. The fourth-order valence-electron chi connectivity index (χ4n) is 2.60. The van der Waals surface area contributed by atoms with Crippen molar-refractivity contribution < 1.29 is 9.13 Å². The minimum absolute atomic E-state index is 0.151. The fraction of sp³-hybridized carbons (Fsp3) is 0.471. The number of hydrogen-bond acceptors (Lipinski definition) is 3. The van der Waals surface area contributed by atoms with Crippen molar-refractivity contribution in [3.63, 3.8) is 0 Å². The molecule has 0 aliphatic carbocycles. The Morgan fingerprint density at radius 2 is 2.05 bits per heavy atom. The third kappa shape index (κ3) is 3.30. The summed E-state index contributed by atoms with van der Waals surface area (Å²) >= 11 is 0. The van der Waals surface area contributed by atoms with E-state index in [9.17, 15) is 4.39 Å². The summed E-state index contributed by atoms with van der Waals surface area (Å²) in [4.78, 5) is 0. The molecule has 1 aromatic heterocycles. The zero-order valence-electron chi connectivity index (χ0n) is 13.6. The topological polar surface area (TPSA) is 53.1 Å². The predicted octanol–water partition coefficient (Wildman–Crippen LogP) is 3.17. The van der Waals surface area contributed by atoms with Gasteiger partial charge in [0.25, 0.3) is 0 Å². The van der Waals surface area contributed by atoms with Gasteiger partial charge in [0.05, 0.1) is 12.3 Å². The number of benzene rings is 1. The molecule has 4 nitrogen and oxygen atoms in total. The molecule has 0 saturated heterocycles. The molecule has 0 saturated carbocycles. The first kappa shape index (κ1) is 16.5. The van der Waals surface area contributed by atoms with E-state index in [1.54, 1.807) is 6.07 Å². The Morgan fingerprint density at radius 3 is 2.59 bits per heavy atom. The Labute approximate surface area is 131 Å². The first-order valence-corrected chi connectivity index (χ1v) is 7.64. The van der Waals surface area contributed by atoms with E-state index in [-0.39, 0.29) is 11.7 Å². The summed E-state index contributed by atoms with van der Waals surface area (Å²) in [5.74, 6) is 0.564. The van der Waals surface area contributed by atoms with E-state index in [1.165, 1.54) is 12.1 Å². The van der Waals surface area contributed by atoms with Crippen molar-refractivity contribution in [2.24, 2.45) is 12.8 Å². The maximum Gasteiger partial charge on any atom is 0.123 e. The molecule has 0 radical (unpaired) electrons. The molecular weight excluding hydrogens is 281 g/mol. The van der Waals surface area contributed by atoms with Gasteiger partial charge in [-0.05, 0) is 37.1 Å². The largest absolute Gasteiger partial charge is 0.494 e. The smallest absolute Gasteiger partial charge is 0.123 e. The van der Waals surface area contributed by atoms with E-state index in [0.717, 1.165) is 17.0 Å². The van der Waals surface area contributed by atoms with Crippen LogP contribution in [0.1, 0.15) is 49.6 Å². The van der Waals surface area contributed by atoms with E-state index in [4.69, 9.17) is 10.5 Å². The molecular formula is C17H24FN3O. The number of rotatable bonds is 6. The molecule has 0 aliphatic rings. The maximum atomic E-state index is 13.7. The van der Waals surface area contributed by atoms with Crippen LogP contribution in [0.4, 0.5) is 4.39 Å². The van der Waals surface area contributed by atoms with Gasteiger partial charge in [-0.1, -0.05) is 13.8 Å². The molecule has 2 aromatic rings. The van der Waals surface area contributed by atoms with E-state index in [2.05, 4.69) is 18.9 Å². The number of hydrogen-bond donors (Lipinski definition) is 1. The maximum absolute atomic E-state index is 13.7. The van der Waals surface area contributed by atoms with Gasteiger partial charge in [0.15, 0.2) is 0 Å². The lowest BCUT2D eigenvalue weighted by molar-refractivity contribution is 0.334. The Hall–Kier alpha value is -1.88. The third-order valence-corrected chi connectivity index (χ3v) is 3.77. The summed E-state index contributed by atoms with van der Waals surface area (Å²) in [7, 11) is 1.89. The van der Waals surface area contributed by atoms with Gasteiger partial charge in [-0.15, -0.1) is 0 Å². The van der Waals surface area contributed by atoms with Crippen LogP contribution in [-0.2, 0) is 7.05 Å². The van der Waals surface area contributed by atoms with Crippen molar-refractivity contribution in [2.75, 3.05) is 13.2 Å². The molecule has 0 bridgehead atoms. The Balaban J connectivity index is 2.50. The number of aromatic nitrogens is 2. The summed E-state index contributed by atoms with van der Waals surface area (Å²) in [6.45, 7) is 6.99. The van der Waals surface area contributed by atoms with Crippen LogP contribution in [0.5, 0.6) is 5.75 Å². The van der Waals surface area contributed by atoms with Gasteiger partial charge < -0.3 is 10.5 Å². The Bertz CT molecular complexity index is 637. The molecule has 1 heterocycles. The van der Waals surface area contributed by atoms with Gasteiger partial charge in [0, 0.05) is 30.8 Å². The highest BCUT2D eigenvalue weighted by atomic mass is 19.1. The van der Waals surface area contributed by atoms with Crippen LogP contribution in [0.2, 0.25) is 0 Å². The van der Waals surface area contributed by atoms with Gasteiger partial charge >= 0.3 is 0 Å². The van der Waals surface area contributed by atoms with Crippen molar-refractivity contribution in [2.45, 2.75) is 32.6 Å². The zero-order chi connectivity index (χ0) is 16.3. The molecule has 1 aromatic carbocycles.